The third-order valence-electron chi connectivity index (χ3n) is 3.26. The summed E-state index contributed by atoms with van der Waals surface area (Å²) in [7, 11) is 1.65. The molecule has 0 saturated heterocycles. The summed E-state index contributed by atoms with van der Waals surface area (Å²) >= 11 is 2.23. The lowest BCUT2D eigenvalue weighted by molar-refractivity contribution is 0.412. The van der Waals surface area contributed by atoms with Gasteiger partial charge in [-0.3, -0.25) is 0 Å². The van der Waals surface area contributed by atoms with Crippen molar-refractivity contribution >= 4 is 44.9 Å². The van der Waals surface area contributed by atoms with Crippen LogP contribution < -0.4 is 10.1 Å². The highest BCUT2D eigenvalue weighted by Gasteiger charge is 2.07. The third kappa shape index (κ3) is 2.83. The Balaban J connectivity index is 2.07. The van der Waals surface area contributed by atoms with Gasteiger partial charge in [-0.1, -0.05) is 18.2 Å². The molecule has 0 radical (unpaired) electrons. The van der Waals surface area contributed by atoms with E-state index in [0.29, 0.717) is 5.69 Å². The number of nitriles is 1. The number of para-hydroxylation sites is 1. The Hall–Kier alpha value is -2.33. The fourth-order valence-electron chi connectivity index (χ4n) is 2.24. The first-order chi connectivity index (χ1) is 10.7. The van der Waals surface area contributed by atoms with Gasteiger partial charge >= 0.3 is 0 Å². The van der Waals surface area contributed by atoms with Gasteiger partial charge in [-0.25, -0.2) is 4.98 Å². The molecular formula is C17H12IN3O. The van der Waals surface area contributed by atoms with Crippen LogP contribution in [0.4, 0.5) is 11.4 Å². The van der Waals surface area contributed by atoms with E-state index in [1.165, 1.54) is 0 Å². The summed E-state index contributed by atoms with van der Waals surface area (Å²) in [6.45, 7) is 0. The van der Waals surface area contributed by atoms with Gasteiger partial charge in [0.2, 0.25) is 0 Å². The van der Waals surface area contributed by atoms with E-state index in [9.17, 15) is 0 Å². The van der Waals surface area contributed by atoms with Gasteiger partial charge in [0.25, 0.3) is 0 Å². The number of aromatic nitrogens is 1. The highest BCUT2D eigenvalue weighted by molar-refractivity contribution is 14.1. The van der Waals surface area contributed by atoms with Crippen molar-refractivity contribution in [1.82, 2.24) is 4.98 Å². The van der Waals surface area contributed by atoms with Crippen molar-refractivity contribution in [2.24, 2.45) is 0 Å². The summed E-state index contributed by atoms with van der Waals surface area (Å²) < 4.78 is 6.29. The van der Waals surface area contributed by atoms with Crippen LogP contribution in [-0.2, 0) is 0 Å². The molecule has 0 bridgehead atoms. The highest BCUT2D eigenvalue weighted by Crippen LogP contribution is 2.29. The monoisotopic (exact) mass is 401 g/mol. The summed E-state index contributed by atoms with van der Waals surface area (Å²) in [6.07, 6.45) is 0. The summed E-state index contributed by atoms with van der Waals surface area (Å²) in [5.41, 5.74) is 2.99. The number of fused-ring (bicyclic) bond motifs is 1. The zero-order valence-corrected chi connectivity index (χ0v) is 14.0. The van der Waals surface area contributed by atoms with Crippen molar-refractivity contribution in [1.29, 1.82) is 5.26 Å². The minimum atomic E-state index is 0.393. The van der Waals surface area contributed by atoms with Gasteiger partial charge in [-0.2, -0.15) is 5.26 Å². The molecule has 0 unspecified atom stereocenters. The van der Waals surface area contributed by atoms with E-state index >= 15 is 0 Å². The largest absolute Gasteiger partial charge is 0.496 e. The topological polar surface area (TPSA) is 57.9 Å². The van der Waals surface area contributed by atoms with Crippen LogP contribution in [0.5, 0.6) is 5.75 Å². The molecule has 0 aliphatic heterocycles. The molecule has 0 saturated carbocycles. The summed E-state index contributed by atoms with van der Waals surface area (Å²) in [6, 6.07) is 17.5. The predicted molar refractivity (Wildman–Crippen MR) is 95.5 cm³/mol. The summed E-state index contributed by atoms with van der Waals surface area (Å²) in [5.74, 6) is 0.837. The quantitative estimate of drug-likeness (QED) is 0.659. The number of pyridine rings is 1. The average molecular weight is 401 g/mol. The number of anilines is 2. The van der Waals surface area contributed by atoms with Crippen LogP contribution in [0.2, 0.25) is 0 Å². The van der Waals surface area contributed by atoms with Crippen molar-refractivity contribution in [3.63, 3.8) is 0 Å². The van der Waals surface area contributed by atoms with E-state index < -0.39 is 0 Å². The molecular weight excluding hydrogens is 389 g/mol. The van der Waals surface area contributed by atoms with Crippen LogP contribution in [0.25, 0.3) is 10.9 Å². The van der Waals surface area contributed by atoms with Crippen LogP contribution >= 0.6 is 22.6 Å². The van der Waals surface area contributed by atoms with Crippen molar-refractivity contribution in [2.75, 3.05) is 12.4 Å². The Morgan fingerprint density at radius 3 is 2.73 bits per heavy atom. The molecule has 0 spiro atoms. The van der Waals surface area contributed by atoms with Crippen molar-refractivity contribution < 1.29 is 4.74 Å². The summed E-state index contributed by atoms with van der Waals surface area (Å²) in [4.78, 5) is 4.32. The van der Waals surface area contributed by atoms with Crippen LogP contribution in [0.15, 0.2) is 48.5 Å². The maximum absolute atomic E-state index is 9.14. The van der Waals surface area contributed by atoms with Gasteiger partial charge in [0, 0.05) is 11.1 Å². The molecule has 22 heavy (non-hydrogen) atoms. The number of hydrogen-bond donors (Lipinski definition) is 1. The number of nitrogens with one attached hydrogen (secondary N) is 1. The Morgan fingerprint density at radius 1 is 1.18 bits per heavy atom. The van der Waals surface area contributed by atoms with E-state index in [1.807, 2.05) is 42.5 Å². The van der Waals surface area contributed by atoms with Gasteiger partial charge in [0.15, 0.2) is 0 Å². The number of halogens is 1. The molecule has 3 rings (SSSR count). The fraction of sp³-hybridized carbons (Fsp3) is 0.0588. The lowest BCUT2D eigenvalue weighted by Gasteiger charge is -2.11. The number of benzene rings is 2. The minimum absolute atomic E-state index is 0.393. The second kappa shape index (κ2) is 6.20. The molecule has 4 nitrogen and oxygen atoms in total. The Morgan fingerprint density at radius 2 is 2.00 bits per heavy atom. The maximum atomic E-state index is 9.14. The molecule has 0 aliphatic carbocycles. The molecule has 1 N–H and O–H groups in total. The molecule has 5 heteroatoms. The zero-order chi connectivity index (χ0) is 15.5. The van der Waals surface area contributed by atoms with Crippen molar-refractivity contribution in [2.45, 2.75) is 0 Å². The predicted octanol–water partition coefficient (Wildman–Crippen LogP) is 4.46. The fourth-order valence-corrected chi connectivity index (χ4v) is 2.97. The zero-order valence-electron chi connectivity index (χ0n) is 11.8. The first kappa shape index (κ1) is 14.6. The van der Waals surface area contributed by atoms with Crippen LogP contribution in [0.3, 0.4) is 0 Å². The SMILES string of the molecule is COc1ccc(Nc2cc(C#N)nc3ccccc23)cc1I. The van der Waals surface area contributed by atoms with Gasteiger partial charge in [-0.05, 0) is 52.9 Å². The third-order valence-corrected chi connectivity index (χ3v) is 4.10. The number of methoxy groups -OCH3 is 1. The number of ether oxygens (including phenoxy) is 1. The molecule has 1 aromatic heterocycles. The molecule has 0 aliphatic rings. The van der Waals surface area contributed by atoms with Crippen LogP contribution in [0, 0.1) is 14.9 Å². The molecule has 108 valence electrons. The van der Waals surface area contributed by atoms with Crippen LogP contribution in [-0.4, -0.2) is 12.1 Å². The van der Waals surface area contributed by atoms with Crippen molar-refractivity contribution in [3.05, 3.63) is 57.8 Å². The summed E-state index contributed by atoms with van der Waals surface area (Å²) in [5, 5.41) is 13.5. The lowest BCUT2D eigenvalue weighted by Crippen LogP contribution is -1.96. The smallest absolute Gasteiger partial charge is 0.143 e. The molecule has 0 amide bonds. The van der Waals surface area contributed by atoms with E-state index in [-0.39, 0.29) is 0 Å². The normalized spacial score (nSPS) is 10.2. The number of hydrogen-bond acceptors (Lipinski definition) is 4. The standard InChI is InChI=1S/C17H12IN3O/c1-22-17-7-6-11(8-14(17)18)20-16-9-12(10-19)21-15-5-3-2-4-13(15)16/h2-9H,1H3,(H,20,21). The Bertz CT molecular complexity index is 887. The second-order valence-corrected chi connectivity index (χ2v) is 5.82. The number of rotatable bonds is 3. The Labute approximate surface area is 141 Å². The van der Waals surface area contributed by atoms with Gasteiger partial charge < -0.3 is 10.1 Å². The Kier molecular flexibility index (Phi) is 4.11. The maximum Gasteiger partial charge on any atom is 0.143 e. The first-order valence-corrected chi connectivity index (χ1v) is 7.69. The second-order valence-electron chi connectivity index (χ2n) is 4.66. The number of nitrogens with zero attached hydrogens (tertiary/aromatic N) is 2. The average Bonchev–Trinajstić information content (AvgIpc) is 2.55. The highest BCUT2D eigenvalue weighted by atomic mass is 127. The van der Waals surface area contributed by atoms with Gasteiger partial charge in [0.1, 0.15) is 17.5 Å². The van der Waals surface area contributed by atoms with E-state index in [0.717, 1.165) is 31.6 Å². The molecule has 1 heterocycles. The van der Waals surface area contributed by atoms with Crippen LogP contribution in [0.1, 0.15) is 5.69 Å². The minimum Gasteiger partial charge on any atom is -0.496 e. The molecule has 0 atom stereocenters. The van der Waals surface area contributed by atoms with Gasteiger partial charge in [-0.15, -0.1) is 0 Å². The first-order valence-electron chi connectivity index (χ1n) is 6.61. The molecule has 0 fully saturated rings. The van der Waals surface area contributed by atoms with E-state index in [2.05, 4.69) is 39.0 Å². The molecule has 2 aromatic carbocycles. The van der Waals surface area contributed by atoms with E-state index in [4.69, 9.17) is 10.00 Å². The molecule has 3 aromatic rings. The van der Waals surface area contributed by atoms with Gasteiger partial charge in [0.05, 0.1) is 21.9 Å². The van der Waals surface area contributed by atoms with E-state index in [1.54, 1.807) is 13.2 Å². The lowest BCUT2D eigenvalue weighted by atomic mass is 10.1. The van der Waals surface area contributed by atoms with Crippen molar-refractivity contribution in [3.8, 4) is 11.8 Å².